The molecule has 2 unspecified atom stereocenters. The fourth-order valence-corrected chi connectivity index (χ4v) is 4.15. The number of nitrogens with one attached hydrogen (secondary N) is 3. The van der Waals surface area contributed by atoms with E-state index in [1.165, 1.54) is 0 Å². The van der Waals surface area contributed by atoms with Gasteiger partial charge in [0.25, 0.3) is 5.91 Å². The van der Waals surface area contributed by atoms with Gasteiger partial charge in [-0.2, -0.15) is 0 Å². The van der Waals surface area contributed by atoms with Crippen LogP contribution in [0.15, 0.2) is 24.3 Å². The van der Waals surface area contributed by atoms with E-state index in [2.05, 4.69) is 16.0 Å². The lowest BCUT2D eigenvalue weighted by atomic mass is 9.86. The summed E-state index contributed by atoms with van der Waals surface area (Å²) in [5, 5.41) is 8.28. The molecule has 1 heterocycles. The van der Waals surface area contributed by atoms with E-state index in [0.29, 0.717) is 18.0 Å². The Hall–Kier alpha value is -3.14. The van der Waals surface area contributed by atoms with E-state index in [4.69, 9.17) is 22.1 Å². The van der Waals surface area contributed by atoms with Crippen LogP contribution in [0.2, 0.25) is 5.02 Å². The van der Waals surface area contributed by atoms with Crippen LogP contribution in [0.5, 0.6) is 0 Å². The van der Waals surface area contributed by atoms with Gasteiger partial charge in [-0.1, -0.05) is 51.4 Å². The molecule has 0 aliphatic carbocycles. The average molecular weight is 523 g/mol. The molecule has 5 N–H and O–H groups in total. The third-order valence-corrected chi connectivity index (χ3v) is 6.28. The molecule has 0 radical (unpaired) electrons. The molecule has 3 atom stereocenters. The van der Waals surface area contributed by atoms with E-state index in [1.807, 2.05) is 39.8 Å². The molecule has 198 valence electrons. The quantitative estimate of drug-likeness (QED) is 0.307. The van der Waals surface area contributed by atoms with Gasteiger partial charge < -0.3 is 26.4 Å². The molecule has 0 aromatic heterocycles. The minimum atomic E-state index is -1.28. The number of primary amides is 1. The number of halogens is 1. The molecule has 1 aliphatic rings. The zero-order valence-corrected chi connectivity index (χ0v) is 21.8. The summed E-state index contributed by atoms with van der Waals surface area (Å²) >= 11 is 6.07. The largest absolute Gasteiger partial charge is 0.449 e. The minimum absolute atomic E-state index is 0.00912. The Bertz CT molecular complexity index is 997. The van der Waals surface area contributed by atoms with Gasteiger partial charge in [0.15, 0.2) is 0 Å². The topological polar surface area (TPSA) is 157 Å². The van der Waals surface area contributed by atoms with E-state index in [1.54, 1.807) is 12.1 Å². The Labute approximate surface area is 216 Å². The number of hydrogen-bond donors (Lipinski definition) is 4. The van der Waals surface area contributed by atoms with Gasteiger partial charge in [0.05, 0.1) is 6.04 Å². The standard InChI is InChI=1S/C25H35ClN4O6/c1-14(2)10-19(30-24(35)36-13-25(3,4)16-6-5-7-17(26)12-16)23(34)29-18(20(31)21(27)32)11-15-8-9-28-22(15)33/h5-7,12,14-15,18-19H,8-11,13H2,1-4H3,(H2,27,32)(H,28,33)(H,29,34)(H,30,35)/t15-,18?,19?/m0/s1. The number of carbonyl (C=O) groups is 5. The fraction of sp³-hybridized carbons (Fsp3) is 0.560. The highest BCUT2D eigenvalue weighted by atomic mass is 35.5. The highest BCUT2D eigenvalue weighted by Crippen LogP contribution is 2.26. The molecule has 1 fully saturated rings. The number of alkyl carbamates (subject to hydrolysis) is 1. The molecule has 1 aliphatic heterocycles. The van der Waals surface area contributed by atoms with Crippen molar-refractivity contribution in [2.24, 2.45) is 17.6 Å². The molecular weight excluding hydrogens is 488 g/mol. The Morgan fingerprint density at radius 1 is 1.19 bits per heavy atom. The zero-order valence-electron chi connectivity index (χ0n) is 21.1. The second kappa shape index (κ2) is 12.7. The van der Waals surface area contributed by atoms with Gasteiger partial charge in [0.2, 0.25) is 17.6 Å². The van der Waals surface area contributed by atoms with Gasteiger partial charge >= 0.3 is 6.09 Å². The van der Waals surface area contributed by atoms with E-state index in [0.717, 1.165) is 5.56 Å². The summed E-state index contributed by atoms with van der Waals surface area (Å²) in [6.07, 6.45) is -0.148. The third-order valence-electron chi connectivity index (χ3n) is 6.04. The van der Waals surface area contributed by atoms with E-state index < -0.39 is 47.1 Å². The predicted molar refractivity (Wildman–Crippen MR) is 134 cm³/mol. The number of nitrogens with two attached hydrogens (primary N) is 1. The molecule has 10 nitrogen and oxygen atoms in total. The fourth-order valence-electron chi connectivity index (χ4n) is 3.96. The van der Waals surface area contributed by atoms with Gasteiger partial charge in [-0.3, -0.25) is 19.2 Å². The van der Waals surface area contributed by atoms with Crippen LogP contribution >= 0.6 is 11.6 Å². The Kier molecular flexibility index (Phi) is 10.3. The van der Waals surface area contributed by atoms with Gasteiger partial charge in [-0.05, 0) is 42.9 Å². The lowest BCUT2D eigenvalue weighted by Crippen LogP contribution is -2.54. The van der Waals surface area contributed by atoms with Crippen LogP contribution in [0.25, 0.3) is 0 Å². The minimum Gasteiger partial charge on any atom is -0.449 e. The first-order valence-electron chi connectivity index (χ1n) is 11.9. The lowest BCUT2D eigenvalue weighted by Gasteiger charge is -2.27. The summed E-state index contributed by atoms with van der Waals surface area (Å²) in [5.41, 5.74) is 5.49. The van der Waals surface area contributed by atoms with Crippen LogP contribution in [0.4, 0.5) is 4.79 Å². The van der Waals surface area contributed by atoms with Crippen LogP contribution in [0.3, 0.4) is 0 Å². The van der Waals surface area contributed by atoms with Crippen molar-refractivity contribution < 1.29 is 28.7 Å². The maximum absolute atomic E-state index is 13.1. The summed E-state index contributed by atoms with van der Waals surface area (Å²) in [7, 11) is 0. The summed E-state index contributed by atoms with van der Waals surface area (Å²) in [4.78, 5) is 61.5. The number of carbonyl (C=O) groups excluding carboxylic acids is 5. The van der Waals surface area contributed by atoms with Crippen LogP contribution in [-0.2, 0) is 29.3 Å². The van der Waals surface area contributed by atoms with Crippen molar-refractivity contribution in [3.05, 3.63) is 34.9 Å². The van der Waals surface area contributed by atoms with Crippen LogP contribution in [-0.4, -0.2) is 54.8 Å². The van der Waals surface area contributed by atoms with Crippen molar-refractivity contribution in [3.63, 3.8) is 0 Å². The number of Topliss-reactive ketones (excluding diaryl/α,β-unsaturated/α-hetero) is 1. The Morgan fingerprint density at radius 3 is 2.44 bits per heavy atom. The van der Waals surface area contributed by atoms with Crippen LogP contribution in [0, 0.1) is 11.8 Å². The molecule has 1 aromatic rings. The molecule has 0 spiro atoms. The van der Waals surface area contributed by atoms with E-state index in [-0.39, 0.29) is 31.3 Å². The highest BCUT2D eigenvalue weighted by molar-refractivity contribution is 6.38. The van der Waals surface area contributed by atoms with Crippen LogP contribution < -0.4 is 21.7 Å². The van der Waals surface area contributed by atoms with Gasteiger partial charge in [0, 0.05) is 22.9 Å². The zero-order chi connectivity index (χ0) is 27.0. The molecule has 1 aromatic carbocycles. The first-order chi connectivity index (χ1) is 16.8. The number of benzene rings is 1. The number of amides is 4. The van der Waals surface area contributed by atoms with E-state index >= 15 is 0 Å². The molecule has 0 saturated carbocycles. The summed E-state index contributed by atoms with van der Waals surface area (Å²) in [6, 6.07) is 4.91. The summed E-state index contributed by atoms with van der Waals surface area (Å²) in [6.45, 7) is 7.99. The van der Waals surface area contributed by atoms with Gasteiger partial charge in [0.1, 0.15) is 12.6 Å². The van der Waals surface area contributed by atoms with Crippen molar-refractivity contribution in [3.8, 4) is 0 Å². The van der Waals surface area contributed by atoms with E-state index in [9.17, 15) is 24.0 Å². The number of hydrogen-bond acceptors (Lipinski definition) is 6. The van der Waals surface area contributed by atoms with Crippen molar-refractivity contribution in [1.29, 1.82) is 0 Å². The summed E-state index contributed by atoms with van der Waals surface area (Å²) < 4.78 is 5.41. The number of rotatable bonds is 12. The molecular formula is C25H35ClN4O6. The second-order valence-electron chi connectivity index (χ2n) is 10.1. The van der Waals surface area contributed by atoms with Crippen LogP contribution in [0.1, 0.15) is 52.5 Å². The molecule has 11 heteroatoms. The first kappa shape index (κ1) is 29.1. The molecule has 4 amide bonds. The predicted octanol–water partition coefficient (Wildman–Crippen LogP) is 1.82. The molecule has 0 bridgehead atoms. The van der Waals surface area contributed by atoms with Crippen molar-refractivity contribution >= 4 is 41.2 Å². The lowest BCUT2D eigenvalue weighted by molar-refractivity contribution is -0.139. The second-order valence-corrected chi connectivity index (χ2v) is 10.5. The normalized spacial score (nSPS) is 17.2. The molecule has 1 saturated heterocycles. The molecule has 36 heavy (non-hydrogen) atoms. The maximum atomic E-state index is 13.1. The SMILES string of the molecule is CC(C)CC(NC(=O)OCC(C)(C)c1cccc(Cl)c1)C(=O)NC(C[C@@H]1CCNC1=O)C(=O)C(N)=O. The third kappa shape index (κ3) is 8.51. The van der Waals surface area contributed by atoms with Crippen molar-refractivity contribution in [1.82, 2.24) is 16.0 Å². The monoisotopic (exact) mass is 522 g/mol. The summed E-state index contributed by atoms with van der Waals surface area (Å²) in [5.74, 6) is -3.67. The first-order valence-corrected chi connectivity index (χ1v) is 12.3. The Morgan fingerprint density at radius 2 is 1.89 bits per heavy atom. The number of ketones is 1. The van der Waals surface area contributed by atoms with Gasteiger partial charge in [-0.15, -0.1) is 0 Å². The van der Waals surface area contributed by atoms with Crippen molar-refractivity contribution in [2.45, 2.75) is 64.5 Å². The number of ether oxygens (including phenoxy) is 1. The average Bonchev–Trinajstić information content (AvgIpc) is 3.20. The molecule has 2 rings (SSSR count). The smallest absolute Gasteiger partial charge is 0.407 e. The van der Waals surface area contributed by atoms with Crippen molar-refractivity contribution in [2.75, 3.05) is 13.2 Å². The van der Waals surface area contributed by atoms with Gasteiger partial charge in [-0.25, -0.2) is 4.79 Å². The highest BCUT2D eigenvalue weighted by Gasteiger charge is 2.35. The maximum Gasteiger partial charge on any atom is 0.407 e. The Balaban J connectivity index is 2.07.